The molecule has 5 rings (SSSR count). The molecule has 0 saturated heterocycles. The Morgan fingerprint density at radius 3 is 2.81 bits per heavy atom. The maximum Gasteiger partial charge on any atom is 0.257 e. The zero-order chi connectivity index (χ0) is 21.9. The quantitative estimate of drug-likeness (QED) is 0.287. The monoisotopic (exact) mass is 464 g/mol. The van der Waals surface area contributed by atoms with Crippen LogP contribution in [0.1, 0.15) is 29.0 Å². The minimum absolute atomic E-state index is 0.487. The first-order valence-corrected chi connectivity index (χ1v) is 11.9. The Labute approximate surface area is 192 Å². The van der Waals surface area contributed by atoms with Crippen LogP contribution in [0.4, 0.5) is 0 Å². The van der Waals surface area contributed by atoms with Gasteiger partial charge in [0.25, 0.3) is 5.89 Å². The highest BCUT2D eigenvalue weighted by Crippen LogP contribution is 2.32. The first-order valence-electron chi connectivity index (χ1n) is 10.1. The molecule has 0 amide bonds. The highest BCUT2D eigenvalue weighted by molar-refractivity contribution is 7.98. The molecule has 5 heterocycles. The lowest BCUT2D eigenvalue weighted by atomic mass is 10.2. The second-order valence-electron chi connectivity index (χ2n) is 7.07. The molecule has 0 aliphatic heterocycles. The zero-order valence-electron chi connectivity index (χ0n) is 17.6. The minimum atomic E-state index is 0.487. The van der Waals surface area contributed by atoms with Crippen molar-refractivity contribution in [1.29, 1.82) is 0 Å². The smallest absolute Gasteiger partial charge is 0.257 e. The van der Waals surface area contributed by atoms with Crippen LogP contribution >= 0.6 is 23.1 Å². The molecule has 0 atom stereocenters. The summed E-state index contributed by atoms with van der Waals surface area (Å²) in [5, 5.41) is 18.0. The van der Waals surface area contributed by atoms with E-state index in [-0.39, 0.29) is 0 Å². The third kappa shape index (κ3) is 4.23. The lowest BCUT2D eigenvalue weighted by Gasteiger charge is -2.08. The molecular weight excluding hydrogens is 444 g/mol. The summed E-state index contributed by atoms with van der Waals surface area (Å²) >= 11 is 3.19. The SMILES string of the molecule is CCc1sc(-c2nnc(CSc3nnc(-c4cccnc4)n3Cc3ccco3)o2)cc1C. The maximum atomic E-state index is 5.92. The summed E-state index contributed by atoms with van der Waals surface area (Å²) in [7, 11) is 0. The molecule has 10 heteroatoms. The van der Waals surface area contributed by atoms with Gasteiger partial charge in [-0.3, -0.25) is 9.55 Å². The van der Waals surface area contributed by atoms with Crippen LogP contribution in [0, 0.1) is 6.92 Å². The van der Waals surface area contributed by atoms with E-state index in [0.29, 0.717) is 24.1 Å². The van der Waals surface area contributed by atoms with E-state index in [1.807, 2.05) is 28.8 Å². The number of thiophene rings is 1. The van der Waals surface area contributed by atoms with Gasteiger partial charge in [-0.2, -0.15) is 0 Å². The fraction of sp³-hybridized carbons (Fsp3) is 0.227. The van der Waals surface area contributed by atoms with Crippen LogP contribution in [-0.2, 0) is 18.7 Å². The van der Waals surface area contributed by atoms with Crippen molar-refractivity contribution in [3.63, 3.8) is 0 Å². The number of aromatic nitrogens is 6. The van der Waals surface area contributed by atoms with Gasteiger partial charge in [0, 0.05) is 22.8 Å². The van der Waals surface area contributed by atoms with Crippen molar-refractivity contribution < 1.29 is 8.83 Å². The van der Waals surface area contributed by atoms with E-state index in [4.69, 9.17) is 8.83 Å². The second kappa shape index (κ2) is 9.09. The van der Waals surface area contributed by atoms with Crippen molar-refractivity contribution in [2.24, 2.45) is 0 Å². The van der Waals surface area contributed by atoms with Crippen LogP contribution in [0.2, 0.25) is 0 Å². The average Bonchev–Trinajstić information content (AvgIpc) is 3.61. The summed E-state index contributed by atoms with van der Waals surface area (Å²) in [6, 6.07) is 9.74. The van der Waals surface area contributed by atoms with Crippen LogP contribution in [0.15, 0.2) is 63.0 Å². The van der Waals surface area contributed by atoms with Crippen LogP contribution < -0.4 is 0 Å². The van der Waals surface area contributed by atoms with E-state index in [1.165, 1.54) is 22.2 Å². The van der Waals surface area contributed by atoms with Gasteiger partial charge in [0.1, 0.15) is 5.76 Å². The maximum absolute atomic E-state index is 5.92. The number of rotatable bonds is 8. The van der Waals surface area contributed by atoms with Gasteiger partial charge < -0.3 is 8.83 Å². The van der Waals surface area contributed by atoms with Crippen LogP contribution in [0.5, 0.6) is 0 Å². The molecular formula is C22H20N6O2S2. The molecule has 8 nitrogen and oxygen atoms in total. The summed E-state index contributed by atoms with van der Waals surface area (Å²) in [4.78, 5) is 6.54. The first kappa shape index (κ1) is 20.7. The van der Waals surface area contributed by atoms with Crippen molar-refractivity contribution in [2.75, 3.05) is 0 Å². The molecule has 0 N–H and O–H groups in total. The normalized spacial score (nSPS) is 11.3. The van der Waals surface area contributed by atoms with Gasteiger partial charge in [-0.25, -0.2) is 0 Å². The minimum Gasteiger partial charge on any atom is -0.467 e. The van der Waals surface area contributed by atoms with Crippen molar-refractivity contribution in [3.05, 3.63) is 71.1 Å². The summed E-state index contributed by atoms with van der Waals surface area (Å²) in [5.41, 5.74) is 2.15. The number of hydrogen-bond donors (Lipinski definition) is 0. The molecule has 0 aromatic carbocycles. The molecule has 5 aromatic rings. The van der Waals surface area contributed by atoms with Crippen LogP contribution in [0.25, 0.3) is 22.2 Å². The Morgan fingerprint density at radius 2 is 2.06 bits per heavy atom. The lowest BCUT2D eigenvalue weighted by molar-refractivity contribution is 0.485. The van der Waals surface area contributed by atoms with Gasteiger partial charge in [0.15, 0.2) is 11.0 Å². The van der Waals surface area contributed by atoms with Gasteiger partial charge in [0.05, 0.1) is 23.4 Å². The number of furan rings is 1. The molecule has 0 saturated carbocycles. The zero-order valence-corrected chi connectivity index (χ0v) is 19.2. The van der Waals surface area contributed by atoms with Gasteiger partial charge in [-0.05, 0) is 49.2 Å². The molecule has 0 spiro atoms. The molecule has 5 aromatic heterocycles. The second-order valence-corrected chi connectivity index (χ2v) is 9.15. The van der Waals surface area contributed by atoms with E-state index < -0.39 is 0 Å². The fourth-order valence-corrected chi connectivity index (χ4v) is 5.13. The van der Waals surface area contributed by atoms with Crippen molar-refractivity contribution >= 4 is 23.1 Å². The largest absolute Gasteiger partial charge is 0.467 e. The third-order valence-electron chi connectivity index (χ3n) is 4.87. The summed E-state index contributed by atoms with van der Waals surface area (Å²) < 4.78 is 13.5. The van der Waals surface area contributed by atoms with E-state index in [2.05, 4.69) is 45.3 Å². The lowest BCUT2D eigenvalue weighted by Crippen LogP contribution is -2.03. The van der Waals surface area contributed by atoms with Gasteiger partial charge in [-0.1, -0.05) is 18.7 Å². The molecule has 0 radical (unpaired) electrons. The predicted molar refractivity (Wildman–Crippen MR) is 122 cm³/mol. The average molecular weight is 465 g/mol. The van der Waals surface area contributed by atoms with E-state index >= 15 is 0 Å². The third-order valence-corrected chi connectivity index (χ3v) is 7.20. The highest BCUT2D eigenvalue weighted by atomic mass is 32.2. The molecule has 32 heavy (non-hydrogen) atoms. The van der Waals surface area contributed by atoms with Gasteiger partial charge in [0.2, 0.25) is 5.89 Å². The Morgan fingerprint density at radius 1 is 1.12 bits per heavy atom. The first-order chi connectivity index (χ1) is 15.7. The van der Waals surface area contributed by atoms with Gasteiger partial charge >= 0.3 is 0 Å². The Balaban J connectivity index is 1.37. The van der Waals surface area contributed by atoms with Crippen molar-refractivity contribution in [1.82, 2.24) is 29.9 Å². The van der Waals surface area contributed by atoms with Crippen molar-refractivity contribution in [3.8, 4) is 22.2 Å². The molecule has 0 fully saturated rings. The Kier molecular flexibility index (Phi) is 5.87. The highest BCUT2D eigenvalue weighted by Gasteiger charge is 2.18. The predicted octanol–water partition coefficient (Wildman–Crippen LogP) is 5.26. The Bertz CT molecular complexity index is 1310. The number of thioether (sulfide) groups is 1. The van der Waals surface area contributed by atoms with Crippen LogP contribution in [0.3, 0.4) is 0 Å². The van der Waals surface area contributed by atoms with E-state index in [0.717, 1.165) is 33.6 Å². The summed E-state index contributed by atoms with van der Waals surface area (Å²) in [5.74, 6) is 3.13. The number of nitrogens with zero attached hydrogens (tertiary/aromatic N) is 6. The fourth-order valence-electron chi connectivity index (χ4n) is 3.32. The topological polar surface area (TPSA) is 95.7 Å². The van der Waals surface area contributed by atoms with E-state index in [1.54, 1.807) is 30.0 Å². The Hall–Kier alpha value is -3.24. The molecule has 0 bridgehead atoms. The molecule has 0 unspecified atom stereocenters. The molecule has 0 aliphatic rings. The number of pyridine rings is 1. The van der Waals surface area contributed by atoms with E-state index in [9.17, 15) is 0 Å². The summed E-state index contributed by atoms with van der Waals surface area (Å²) in [6.45, 7) is 4.77. The number of hydrogen-bond acceptors (Lipinski definition) is 9. The molecule has 162 valence electrons. The summed E-state index contributed by atoms with van der Waals surface area (Å²) in [6.07, 6.45) is 6.16. The standard InChI is InChI=1S/C22H20N6O2S2/c1-3-17-14(2)10-18(32-17)21-26-24-19(30-21)13-31-22-27-25-20(15-6-4-8-23-11-15)28(22)12-16-7-5-9-29-16/h4-11H,3,12-13H2,1-2H3. The number of aryl methyl sites for hydroxylation is 2. The van der Waals surface area contributed by atoms with Gasteiger partial charge in [-0.15, -0.1) is 31.7 Å². The molecule has 0 aliphatic carbocycles. The van der Waals surface area contributed by atoms with Crippen LogP contribution in [-0.4, -0.2) is 29.9 Å². The van der Waals surface area contributed by atoms with Crippen molar-refractivity contribution in [2.45, 2.75) is 37.7 Å².